The highest BCUT2D eigenvalue weighted by molar-refractivity contribution is 14.1. The van der Waals surface area contributed by atoms with Crippen LogP contribution in [0, 0.1) is 2.88 Å². The number of carbonyl (C=O) groups is 1. The van der Waals surface area contributed by atoms with Crippen molar-refractivity contribution < 1.29 is 9.90 Å². The number of thiophene rings is 1. The van der Waals surface area contributed by atoms with E-state index in [0.717, 1.165) is 2.88 Å². The van der Waals surface area contributed by atoms with Gasteiger partial charge in [-0.25, -0.2) is 0 Å². The van der Waals surface area contributed by atoms with E-state index < -0.39 is 6.61 Å². The molecule has 1 aromatic rings. The SMILES string of the molecule is O=C(CO)c1ccc(I)s1. The van der Waals surface area contributed by atoms with Gasteiger partial charge in [-0.3, -0.25) is 4.79 Å². The Hall–Kier alpha value is 0.0600. The lowest BCUT2D eigenvalue weighted by Crippen LogP contribution is -2.00. The summed E-state index contributed by atoms with van der Waals surface area (Å²) in [6, 6.07) is 3.58. The fraction of sp³-hybridized carbons (Fsp3) is 0.167. The maximum atomic E-state index is 10.8. The first-order chi connectivity index (χ1) is 4.74. The molecule has 4 heteroatoms. The number of hydrogen-bond donors (Lipinski definition) is 1. The van der Waals surface area contributed by atoms with Crippen LogP contribution in [-0.4, -0.2) is 17.5 Å². The van der Waals surface area contributed by atoms with Crippen molar-refractivity contribution in [2.45, 2.75) is 0 Å². The van der Waals surface area contributed by atoms with Gasteiger partial charge in [-0.15, -0.1) is 11.3 Å². The first kappa shape index (κ1) is 8.16. The topological polar surface area (TPSA) is 37.3 Å². The first-order valence-electron chi connectivity index (χ1n) is 2.63. The van der Waals surface area contributed by atoms with Gasteiger partial charge in [0.15, 0.2) is 5.78 Å². The Labute approximate surface area is 76.0 Å². The summed E-state index contributed by atoms with van der Waals surface area (Å²) in [6.07, 6.45) is 0. The average molecular weight is 268 g/mol. The number of aliphatic hydroxyl groups excluding tert-OH is 1. The van der Waals surface area contributed by atoms with Crippen LogP contribution < -0.4 is 0 Å². The van der Waals surface area contributed by atoms with Crippen LogP contribution in [0.25, 0.3) is 0 Å². The molecular weight excluding hydrogens is 263 g/mol. The fourth-order valence-electron chi connectivity index (χ4n) is 0.542. The molecule has 54 valence electrons. The average Bonchev–Trinajstić information content (AvgIpc) is 2.34. The monoisotopic (exact) mass is 268 g/mol. The molecule has 0 atom stereocenters. The van der Waals surface area contributed by atoms with Crippen LogP contribution in [0.15, 0.2) is 12.1 Å². The molecule has 0 aromatic carbocycles. The molecule has 2 nitrogen and oxygen atoms in total. The summed E-state index contributed by atoms with van der Waals surface area (Å²) in [5.74, 6) is -0.201. The van der Waals surface area contributed by atoms with Gasteiger partial charge in [0.1, 0.15) is 6.61 Å². The summed E-state index contributed by atoms with van der Waals surface area (Å²) in [5, 5.41) is 8.45. The zero-order chi connectivity index (χ0) is 7.56. The van der Waals surface area contributed by atoms with Gasteiger partial charge in [-0.05, 0) is 34.7 Å². The molecule has 1 N–H and O–H groups in total. The third-order valence-electron chi connectivity index (χ3n) is 0.992. The van der Waals surface area contributed by atoms with Crippen molar-refractivity contribution >= 4 is 39.7 Å². The Morgan fingerprint density at radius 2 is 2.40 bits per heavy atom. The standard InChI is InChI=1S/C6H5IO2S/c7-6-2-1-5(10-6)4(9)3-8/h1-2,8H,3H2. The fourth-order valence-corrected chi connectivity index (χ4v) is 2.09. The highest BCUT2D eigenvalue weighted by atomic mass is 127. The number of Topliss-reactive ketones (excluding diaryl/α,β-unsaturated/α-hetero) is 1. The van der Waals surface area contributed by atoms with Crippen molar-refractivity contribution in [2.75, 3.05) is 6.61 Å². The highest BCUT2D eigenvalue weighted by Gasteiger charge is 2.05. The van der Waals surface area contributed by atoms with Crippen molar-refractivity contribution in [2.24, 2.45) is 0 Å². The molecule has 0 bridgehead atoms. The summed E-state index contributed by atoms with van der Waals surface area (Å²) in [6.45, 7) is -0.392. The van der Waals surface area contributed by atoms with E-state index >= 15 is 0 Å². The molecule has 0 unspecified atom stereocenters. The molecule has 1 aromatic heterocycles. The molecule has 0 fully saturated rings. The van der Waals surface area contributed by atoms with Crippen LogP contribution >= 0.6 is 33.9 Å². The zero-order valence-electron chi connectivity index (χ0n) is 5.00. The second-order valence-electron chi connectivity index (χ2n) is 1.69. The molecule has 0 saturated heterocycles. The Balaban J connectivity index is 2.85. The molecule has 0 aliphatic rings. The Bertz CT molecular complexity index is 244. The van der Waals surface area contributed by atoms with Crippen LogP contribution in [-0.2, 0) is 0 Å². The minimum atomic E-state index is -0.392. The first-order valence-corrected chi connectivity index (χ1v) is 4.53. The largest absolute Gasteiger partial charge is 0.388 e. The van der Waals surface area contributed by atoms with E-state index in [1.807, 2.05) is 6.07 Å². The van der Waals surface area contributed by atoms with E-state index in [1.54, 1.807) is 6.07 Å². The van der Waals surface area contributed by atoms with E-state index in [4.69, 9.17) is 5.11 Å². The van der Waals surface area contributed by atoms with E-state index in [9.17, 15) is 4.79 Å². The van der Waals surface area contributed by atoms with Gasteiger partial charge >= 0.3 is 0 Å². The number of rotatable bonds is 2. The van der Waals surface area contributed by atoms with Crippen molar-refractivity contribution in [1.82, 2.24) is 0 Å². The predicted octanol–water partition coefficient (Wildman–Crippen LogP) is 1.53. The van der Waals surface area contributed by atoms with E-state index in [-0.39, 0.29) is 5.78 Å². The van der Waals surface area contributed by atoms with Crippen LogP contribution in [0.1, 0.15) is 9.67 Å². The molecule has 0 amide bonds. The van der Waals surface area contributed by atoms with E-state index in [2.05, 4.69) is 22.6 Å². The second kappa shape index (κ2) is 3.45. The number of halogens is 1. The number of carbonyl (C=O) groups excluding carboxylic acids is 1. The van der Waals surface area contributed by atoms with Crippen LogP contribution in [0.4, 0.5) is 0 Å². The third kappa shape index (κ3) is 1.77. The van der Waals surface area contributed by atoms with Crippen molar-refractivity contribution in [3.63, 3.8) is 0 Å². The van der Waals surface area contributed by atoms with Gasteiger partial charge in [0.05, 0.1) is 7.76 Å². The molecule has 0 aliphatic carbocycles. The summed E-state index contributed by atoms with van der Waals surface area (Å²) < 4.78 is 1.06. The normalized spacial score (nSPS) is 9.80. The van der Waals surface area contributed by atoms with Crippen LogP contribution in [0.2, 0.25) is 0 Å². The maximum Gasteiger partial charge on any atom is 0.198 e. The van der Waals surface area contributed by atoms with Gasteiger partial charge in [-0.1, -0.05) is 0 Å². The molecule has 1 rings (SSSR count). The minimum Gasteiger partial charge on any atom is -0.388 e. The van der Waals surface area contributed by atoms with Crippen LogP contribution in [0.3, 0.4) is 0 Å². The van der Waals surface area contributed by atoms with Crippen LogP contribution in [0.5, 0.6) is 0 Å². The lowest BCUT2D eigenvalue weighted by Gasteiger charge is -1.86. The molecule has 0 spiro atoms. The second-order valence-corrected chi connectivity index (χ2v) is 4.66. The zero-order valence-corrected chi connectivity index (χ0v) is 7.98. The lowest BCUT2D eigenvalue weighted by atomic mass is 10.3. The minimum absolute atomic E-state index is 0.201. The van der Waals surface area contributed by atoms with Gasteiger partial charge in [-0.2, -0.15) is 0 Å². The van der Waals surface area contributed by atoms with Gasteiger partial charge in [0, 0.05) is 0 Å². The summed E-state index contributed by atoms with van der Waals surface area (Å²) >= 11 is 3.53. The van der Waals surface area contributed by atoms with Crippen molar-refractivity contribution in [3.8, 4) is 0 Å². The van der Waals surface area contributed by atoms with Gasteiger partial charge < -0.3 is 5.11 Å². The molecule has 10 heavy (non-hydrogen) atoms. The number of aliphatic hydroxyl groups is 1. The molecular formula is C6H5IO2S. The summed E-state index contributed by atoms with van der Waals surface area (Å²) in [5.41, 5.74) is 0. The van der Waals surface area contributed by atoms with Gasteiger partial charge in [0.25, 0.3) is 0 Å². The summed E-state index contributed by atoms with van der Waals surface area (Å²) in [7, 11) is 0. The Morgan fingerprint density at radius 3 is 2.80 bits per heavy atom. The Kier molecular flexibility index (Phi) is 2.82. The molecule has 0 aliphatic heterocycles. The van der Waals surface area contributed by atoms with E-state index in [1.165, 1.54) is 11.3 Å². The molecule has 0 radical (unpaired) electrons. The third-order valence-corrected chi connectivity index (χ3v) is 2.93. The maximum absolute atomic E-state index is 10.8. The summed E-state index contributed by atoms with van der Waals surface area (Å²) in [4.78, 5) is 11.4. The number of ketones is 1. The smallest absolute Gasteiger partial charge is 0.198 e. The highest BCUT2D eigenvalue weighted by Crippen LogP contribution is 2.18. The molecule has 1 heterocycles. The van der Waals surface area contributed by atoms with E-state index in [0.29, 0.717) is 4.88 Å². The molecule has 0 saturated carbocycles. The lowest BCUT2D eigenvalue weighted by molar-refractivity contribution is 0.0908. The number of hydrogen-bond acceptors (Lipinski definition) is 3. The van der Waals surface area contributed by atoms with Crippen molar-refractivity contribution in [3.05, 3.63) is 19.9 Å². The van der Waals surface area contributed by atoms with Gasteiger partial charge in [0.2, 0.25) is 0 Å². The van der Waals surface area contributed by atoms with Crippen molar-refractivity contribution in [1.29, 1.82) is 0 Å². The Morgan fingerprint density at radius 1 is 1.70 bits per heavy atom. The quantitative estimate of drug-likeness (QED) is 0.652. The predicted molar refractivity (Wildman–Crippen MR) is 48.5 cm³/mol.